The molecule has 1 aromatic carbocycles. The van der Waals surface area contributed by atoms with Gasteiger partial charge < -0.3 is 16.2 Å². The summed E-state index contributed by atoms with van der Waals surface area (Å²) in [4.78, 5) is 20.6. The van der Waals surface area contributed by atoms with Crippen LogP contribution in [0.5, 0.6) is 5.75 Å². The molecule has 1 aromatic rings. The van der Waals surface area contributed by atoms with Gasteiger partial charge in [0, 0.05) is 12.1 Å². The SMILES string of the molecule is NC(=O)C(N)COc1cc(F)c(Br)cc1[N+](=O)[O-]. The van der Waals surface area contributed by atoms with Crippen molar-refractivity contribution in [3.05, 3.63) is 32.5 Å². The normalized spacial score (nSPS) is 11.9. The summed E-state index contributed by atoms with van der Waals surface area (Å²) >= 11 is 2.82. The van der Waals surface area contributed by atoms with Crippen LogP contribution in [0.3, 0.4) is 0 Å². The minimum absolute atomic E-state index is 0.0688. The van der Waals surface area contributed by atoms with Crippen LogP contribution in [0.1, 0.15) is 0 Å². The Kier molecular flexibility index (Phi) is 4.56. The third-order valence-corrected chi connectivity index (χ3v) is 2.59. The maximum absolute atomic E-state index is 13.2. The standard InChI is InChI=1S/C9H9BrFN3O4/c10-4-1-7(14(16)17)8(2-5(4)11)18-3-6(12)9(13)15/h1-2,6H,3,12H2,(H2,13,15). The summed E-state index contributed by atoms with van der Waals surface area (Å²) in [5.74, 6) is -1.88. The highest BCUT2D eigenvalue weighted by Gasteiger charge is 2.20. The lowest BCUT2D eigenvalue weighted by atomic mass is 10.3. The second kappa shape index (κ2) is 5.74. The van der Waals surface area contributed by atoms with Crippen LogP contribution in [0.25, 0.3) is 0 Å². The minimum Gasteiger partial charge on any atom is -0.485 e. The third-order valence-electron chi connectivity index (χ3n) is 1.98. The number of ether oxygens (including phenoxy) is 1. The van der Waals surface area contributed by atoms with Crippen LogP contribution < -0.4 is 16.2 Å². The molecule has 1 unspecified atom stereocenters. The molecular weight excluding hydrogens is 313 g/mol. The van der Waals surface area contributed by atoms with E-state index in [2.05, 4.69) is 15.9 Å². The van der Waals surface area contributed by atoms with E-state index in [0.29, 0.717) is 0 Å². The van der Waals surface area contributed by atoms with Gasteiger partial charge in [-0.25, -0.2) is 4.39 Å². The number of carbonyl (C=O) groups excluding carboxylic acids is 1. The Morgan fingerprint density at radius 3 is 2.72 bits per heavy atom. The lowest BCUT2D eigenvalue weighted by Gasteiger charge is -2.10. The fourth-order valence-electron chi connectivity index (χ4n) is 1.04. The summed E-state index contributed by atoms with van der Waals surface area (Å²) < 4.78 is 18.1. The van der Waals surface area contributed by atoms with Crippen LogP contribution in [0.2, 0.25) is 0 Å². The van der Waals surface area contributed by atoms with Crippen molar-refractivity contribution < 1.29 is 18.8 Å². The number of nitro benzene ring substituents is 1. The molecule has 1 atom stereocenters. The van der Waals surface area contributed by atoms with Crippen molar-refractivity contribution in [2.45, 2.75) is 6.04 Å². The van der Waals surface area contributed by atoms with Crippen LogP contribution in [0.15, 0.2) is 16.6 Å². The molecule has 0 radical (unpaired) electrons. The van der Waals surface area contributed by atoms with E-state index in [1.54, 1.807) is 0 Å². The topological polar surface area (TPSA) is 121 Å². The number of carbonyl (C=O) groups is 1. The first-order chi connectivity index (χ1) is 8.32. The molecule has 1 amide bonds. The van der Waals surface area contributed by atoms with E-state index in [-0.39, 0.29) is 16.8 Å². The summed E-state index contributed by atoms with van der Waals surface area (Å²) in [6.07, 6.45) is 0. The van der Waals surface area contributed by atoms with Crippen molar-refractivity contribution in [3.63, 3.8) is 0 Å². The van der Waals surface area contributed by atoms with Gasteiger partial charge in [-0.15, -0.1) is 0 Å². The number of hydrogen-bond donors (Lipinski definition) is 2. The van der Waals surface area contributed by atoms with Gasteiger partial charge in [0.15, 0.2) is 5.75 Å². The first-order valence-corrected chi connectivity index (χ1v) is 5.43. The van der Waals surface area contributed by atoms with E-state index in [1.165, 1.54) is 0 Å². The maximum Gasteiger partial charge on any atom is 0.312 e. The Balaban J connectivity index is 2.97. The molecule has 0 aliphatic heterocycles. The Labute approximate surface area is 109 Å². The highest BCUT2D eigenvalue weighted by atomic mass is 79.9. The van der Waals surface area contributed by atoms with Crippen molar-refractivity contribution in [2.75, 3.05) is 6.61 Å². The lowest BCUT2D eigenvalue weighted by Crippen LogP contribution is -2.41. The number of amides is 1. The number of primary amides is 1. The molecule has 0 fully saturated rings. The van der Waals surface area contributed by atoms with Gasteiger partial charge in [0.1, 0.15) is 18.5 Å². The van der Waals surface area contributed by atoms with Gasteiger partial charge in [-0.3, -0.25) is 14.9 Å². The van der Waals surface area contributed by atoms with Crippen LogP contribution in [0, 0.1) is 15.9 Å². The van der Waals surface area contributed by atoms with Gasteiger partial charge >= 0.3 is 5.69 Å². The fraction of sp³-hybridized carbons (Fsp3) is 0.222. The molecular formula is C9H9BrFN3O4. The number of hydrogen-bond acceptors (Lipinski definition) is 5. The van der Waals surface area contributed by atoms with Gasteiger partial charge in [0.05, 0.1) is 9.40 Å². The molecule has 18 heavy (non-hydrogen) atoms. The number of rotatable bonds is 5. The van der Waals surface area contributed by atoms with E-state index < -0.39 is 28.4 Å². The van der Waals surface area contributed by atoms with E-state index in [4.69, 9.17) is 16.2 Å². The molecule has 4 N–H and O–H groups in total. The van der Waals surface area contributed by atoms with Crippen molar-refractivity contribution in [3.8, 4) is 5.75 Å². The molecule has 0 aliphatic rings. The molecule has 1 rings (SSSR count). The molecule has 0 saturated heterocycles. The van der Waals surface area contributed by atoms with Gasteiger partial charge in [0.2, 0.25) is 5.91 Å². The Morgan fingerprint density at radius 1 is 1.61 bits per heavy atom. The van der Waals surface area contributed by atoms with Crippen molar-refractivity contribution in [2.24, 2.45) is 11.5 Å². The zero-order chi connectivity index (χ0) is 13.9. The van der Waals surface area contributed by atoms with E-state index in [9.17, 15) is 19.3 Å². The summed E-state index contributed by atoms with van der Waals surface area (Å²) in [6.45, 7) is -0.378. The average molecular weight is 322 g/mol. The lowest BCUT2D eigenvalue weighted by molar-refractivity contribution is -0.386. The third kappa shape index (κ3) is 3.37. The molecule has 0 aliphatic carbocycles. The number of halogens is 2. The molecule has 0 spiro atoms. The Hall–Kier alpha value is -1.74. The van der Waals surface area contributed by atoms with Gasteiger partial charge in [-0.05, 0) is 15.9 Å². The first kappa shape index (κ1) is 14.3. The van der Waals surface area contributed by atoms with E-state index >= 15 is 0 Å². The minimum atomic E-state index is -1.13. The van der Waals surface area contributed by atoms with Crippen LogP contribution in [-0.2, 0) is 4.79 Å². The number of benzene rings is 1. The van der Waals surface area contributed by atoms with Gasteiger partial charge in [-0.2, -0.15) is 0 Å². The number of nitro groups is 1. The largest absolute Gasteiger partial charge is 0.485 e. The number of nitrogens with zero attached hydrogens (tertiary/aromatic N) is 1. The predicted octanol–water partition coefficient (Wildman–Crippen LogP) is 0.688. The average Bonchev–Trinajstić information content (AvgIpc) is 2.29. The molecule has 0 saturated carbocycles. The summed E-state index contributed by atoms with van der Waals surface area (Å²) in [5, 5.41) is 10.7. The molecule has 98 valence electrons. The Bertz CT molecular complexity index is 497. The van der Waals surface area contributed by atoms with E-state index in [0.717, 1.165) is 12.1 Å². The quantitative estimate of drug-likeness (QED) is 0.610. The molecule has 0 aromatic heterocycles. The zero-order valence-corrected chi connectivity index (χ0v) is 10.5. The fourth-order valence-corrected chi connectivity index (χ4v) is 1.37. The smallest absolute Gasteiger partial charge is 0.312 e. The van der Waals surface area contributed by atoms with Crippen molar-refractivity contribution >= 4 is 27.5 Å². The first-order valence-electron chi connectivity index (χ1n) is 4.64. The van der Waals surface area contributed by atoms with Crippen molar-refractivity contribution in [1.82, 2.24) is 0 Å². The summed E-state index contributed by atoms with van der Waals surface area (Å²) in [6, 6.07) is 0.660. The molecule has 9 heteroatoms. The summed E-state index contributed by atoms with van der Waals surface area (Å²) in [5.41, 5.74) is 9.73. The highest BCUT2D eigenvalue weighted by Crippen LogP contribution is 2.32. The van der Waals surface area contributed by atoms with Crippen LogP contribution in [-0.4, -0.2) is 23.5 Å². The van der Waals surface area contributed by atoms with Gasteiger partial charge in [-0.1, -0.05) is 0 Å². The monoisotopic (exact) mass is 321 g/mol. The molecule has 0 heterocycles. The second-order valence-corrected chi connectivity index (χ2v) is 4.17. The van der Waals surface area contributed by atoms with Crippen molar-refractivity contribution in [1.29, 1.82) is 0 Å². The second-order valence-electron chi connectivity index (χ2n) is 3.31. The molecule has 0 bridgehead atoms. The van der Waals surface area contributed by atoms with Crippen LogP contribution >= 0.6 is 15.9 Å². The molecule has 7 nitrogen and oxygen atoms in total. The van der Waals surface area contributed by atoms with Crippen LogP contribution in [0.4, 0.5) is 10.1 Å². The van der Waals surface area contributed by atoms with Gasteiger partial charge in [0.25, 0.3) is 0 Å². The highest BCUT2D eigenvalue weighted by molar-refractivity contribution is 9.10. The van der Waals surface area contributed by atoms with E-state index in [1.807, 2.05) is 0 Å². The zero-order valence-electron chi connectivity index (χ0n) is 8.93. The maximum atomic E-state index is 13.2. The predicted molar refractivity (Wildman–Crippen MR) is 63.4 cm³/mol. The summed E-state index contributed by atoms with van der Waals surface area (Å²) in [7, 11) is 0. The Morgan fingerprint density at radius 2 is 2.22 bits per heavy atom. The number of nitrogens with two attached hydrogens (primary N) is 2.